The van der Waals surface area contributed by atoms with Crippen LogP contribution in [0.4, 0.5) is 5.69 Å². The van der Waals surface area contributed by atoms with Gasteiger partial charge in [-0.1, -0.05) is 37.3 Å². The van der Waals surface area contributed by atoms with E-state index in [1.54, 1.807) is 0 Å². The molecule has 0 saturated heterocycles. The minimum atomic E-state index is 0.524. The lowest BCUT2D eigenvalue weighted by atomic mass is 9.93. The van der Waals surface area contributed by atoms with Gasteiger partial charge in [0.05, 0.1) is 0 Å². The largest absolute Gasteiger partial charge is 0.374 e. The van der Waals surface area contributed by atoms with E-state index in [-0.39, 0.29) is 0 Å². The average molecular weight is 280 g/mol. The molecule has 1 atom stereocenters. The van der Waals surface area contributed by atoms with Gasteiger partial charge in [-0.25, -0.2) is 0 Å². The molecule has 3 rings (SSSR count). The maximum atomic E-state index is 5.69. The van der Waals surface area contributed by atoms with Crippen LogP contribution in [0.3, 0.4) is 0 Å². The van der Waals surface area contributed by atoms with E-state index >= 15 is 0 Å². The molecule has 2 nitrogen and oxygen atoms in total. The standard InChI is InChI=1S/C19H24N2/c1-14(8-10-20)15-4-3-5-16(12-15)17-6-7-19-18(13-17)9-11-21(19)2/h3-7,12-14H,8-11,20H2,1-2H3. The van der Waals surface area contributed by atoms with Crippen LogP contribution in [0.1, 0.15) is 30.4 Å². The molecule has 0 radical (unpaired) electrons. The highest BCUT2D eigenvalue weighted by Crippen LogP contribution is 2.32. The lowest BCUT2D eigenvalue weighted by Crippen LogP contribution is -2.12. The molecule has 0 saturated carbocycles. The summed E-state index contributed by atoms with van der Waals surface area (Å²) in [5, 5.41) is 0. The van der Waals surface area contributed by atoms with Crippen molar-refractivity contribution in [3.05, 3.63) is 53.6 Å². The van der Waals surface area contributed by atoms with Crippen LogP contribution in [-0.2, 0) is 6.42 Å². The van der Waals surface area contributed by atoms with Crippen LogP contribution in [0, 0.1) is 0 Å². The first-order valence-electron chi connectivity index (χ1n) is 7.83. The Morgan fingerprint density at radius 3 is 2.76 bits per heavy atom. The molecule has 2 aromatic rings. The number of benzene rings is 2. The predicted molar refractivity (Wildman–Crippen MR) is 90.9 cm³/mol. The summed E-state index contributed by atoms with van der Waals surface area (Å²) in [4.78, 5) is 2.33. The van der Waals surface area contributed by atoms with Gasteiger partial charge in [-0.05, 0) is 59.7 Å². The number of hydrogen-bond donors (Lipinski definition) is 1. The first-order chi connectivity index (χ1) is 10.2. The molecule has 0 aliphatic carbocycles. The van der Waals surface area contributed by atoms with Gasteiger partial charge in [0.2, 0.25) is 0 Å². The number of fused-ring (bicyclic) bond motifs is 1. The van der Waals surface area contributed by atoms with Crippen molar-refractivity contribution in [3.63, 3.8) is 0 Å². The molecule has 110 valence electrons. The van der Waals surface area contributed by atoms with Crippen molar-refractivity contribution in [3.8, 4) is 11.1 Å². The molecular formula is C19H24N2. The molecule has 2 aromatic carbocycles. The lowest BCUT2D eigenvalue weighted by molar-refractivity contribution is 0.690. The maximum Gasteiger partial charge on any atom is 0.0397 e. The quantitative estimate of drug-likeness (QED) is 0.923. The lowest BCUT2D eigenvalue weighted by Gasteiger charge is -2.14. The van der Waals surface area contributed by atoms with Crippen LogP contribution in [0.25, 0.3) is 11.1 Å². The summed E-state index contributed by atoms with van der Waals surface area (Å²) in [5.74, 6) is 0.524. The molecule has 2 N–H and O–H groups in total. The topological polar surface area (TPSA) is 29.3 Å². The fourth-order valence-corrected chi connectivity index (χ4v) is 3.19. The third-order valence-electron chi connectivity index (χ3n) is 4.60. The van der Waals surface area contributed by atoms with Crippen LogP contribution in [0.15, 0.2) is 42.5 Å². The Morgan fingerprint density at radius 1 is 1.14 bits per heavy atom. The zero-order chi connectivity index (χ0) is 14.8. The Morgan fingerprint density at radius 2 is 1.95 bits per heavy atom. The number of likely N-dealkylation sites (N-methyl/N-ethyl adjacent to an activating group) is 1. The Hall–Kier alpha value is -1.80. The summed E-state index contributed by atoms with van der Waals surface area (Å²) in [6.07, 6.45) is 2.20. The molecular weight excluding hydrogens is 256 g/mol. The van der Waals surface area contributed by atoms with Crippen molar-refractivity contribution in [2.45, 2.75) is 25.7 Å². The van der Waals surface area contributed by atoms with Crippen LogP contribution in [0.5, 0.6) is 0 Å². The van der Waals surface area contributed by atoms with Gasteiger partial charge in [0.1, 0.15) is 0 Å². The minimum absolute atomic E-state index is 0.524. The van der Waals surface area contributed by atoms with E-state index in [4.69, 9.17) is 5.73 Å². The van der Waals surface area contributed by atoms with Crippen LogP contribution >= 0.6 is 0 Å². The average Bonchev–Trinajstić information content (AvgIpc) is 2.88. The molecule has 1 aliphatic rings. The van der Waals surface area contributed by atoms with Gasteiger partial charge >= 0.3 is 0 Å². The third kappa shape index (κ3) is 2.81. The fraction of sp³-hybridized carbons (Fsp3) is 0.368. The molecule has 1 aliphatic heterocycles. The molecule has 0 spiro atoms. The van der Waals surface area contributed by atoms with Crippen molar-refractivity contribution in [1.29, 1.82) is 0 Å². The van der Waals surface area contributed by atoms with Crippen molar-refractivity contribution >= 4 is 5.69 Å². The normalized spacial score (nSPS) is 15.1. The van der Waals surface area contributed by atoms with Gasteiger partial charge in [0.25, 0.3) is 0 Å². The van der Waals surface area contributed by atoms with Gasteiger partial charge in [-0.2, -0.15) is 0 Å². The number of hydrogen-bond acceptors (Lipinski definition) is 2. The molecule has 21 heavy (non-hydrogen) atoms. The van der Waals surface area contributed by atoms with E-state index in [2.05, 4.69) is 61.3 Å². The highest BCUT2D eigenvalue weighted by molar-refractivity contribution is 5.71. The molecule has 0 aromatic heterocycles. The Labute approximate surface area is 127 Å². The van der Waals surface area contributed by atoms with E-state index in [9.17, 15) is 0 Å². The Kier molecular flexibility index (Phi) is 3.98. The highest BCUT2D eigenvalue weighted by Gasteiger charge is 2.16. The predicted octanol–water partition coefficient (Wildman–Crippen LogP) is 3.80. The van der Waals surface area contributed by atoms with E-state index < -0.39 is 0 Å². The number of rotatable bonds is 4. The van der Waals surface area contributed by atoms with Crippen LogP contribution < -0.4 is 10.6 Å². The van der Waals surface area contributed by atoms with Crippen LogP contribution in [-0.4, -0.2) is 20.1 Å². The first kappa shape index (κ1) is 14.2. The van der Waals surface area contributed by atoms with Gasteiger partial charge in [0.15, 0.2) is 0 Å². The van der Waals surface area contributed by atoms with Gasteiger partial charge in [-0.15, -0.1) is 0 Å². The second-order valence-corrected chi connectivity index (χ2v) is 6.12. The summed E-state index contributed by atoms with van der Waals surface area (Å²) in [7, 11) is 2.17. The molecule has 1 heterocycles. The SMILES string of the molecule is CC(CCN)c1cccc(-c2ccc3c(c2)CCN3C)c1. The Balaban J connectivity index is 1.92. The maximum absolute atomic E-state index is 5.69. The molecule has 0 bridgehead atoms. The summed E-state index contributed by atoms with van der Waals surface area (Å²) in [6, 6.07) is 15.8. The van der Waals surface area contributed by atoms with E-state index in [0.717, 1.165) is 25.9 Å². The third-order valence-corrected chi connectivity index (χ3v) is 4.60. The highest BCUT2D eigenvalue weighted by atomic mass is 15.1. The van der Waals surface area contributed by atoms with Crippen LogP contribution in [0.2, 0.25) is 0 Å². The number of nitrogens with two attached hydrogens (primary N) is 1. The minimum Gasteiger partial charge on any atom is -0.374 e. The van der Waals surface area contributed by atoms with Crippen molar-refractivity contribution < 1.29 is 0 Å². The first-order valence-corrected chi connectivity index (χ1v) is 7.83. The van der Waals surface area contributed by atoms with Crippen molar-refractivity contribution in [2.75, 3.05) is 25.0 Å². The molecule has 0 amide bonds. The fourth-order valence-electron chi connectivity index (χ4n) is 3.19. The summed E-state index contributed by atoms with van der Waals surface area (Å²) < 4.78 is 0. The summed E-state index contributed by atoms with van der Waals surface area (Å²) in [6.45, 7) is 4.13. The second-order valence-electron chi connectivity index (χ2n) is 6.12. The number of nitrogens with zero attached hydrogens (tertiary/aromatic N) is 1. The molecule has 2 heteroatoms. The Bertz CT molecular complexity index is 633. The monoisotopic (exact) mass is 280 g/mol. The van der Waals surface area contributed by atoms with E-state index in [1.807, 2.05) is 0 Å². The summed E-state index contributed by atoms with van der Waals surface area (Å²) in [5.41, 5.74) is 12.6. The molecule has 1 unspecified atom stereocenters. The van der Waals surface area contributed by atoms with Crippen molar-refractivity contribution in [2.24, 2.45) is 5.73 Å². The zero-order valence-corrected chi connectivity index (χ0v) is 13.0. The zero-order valence-electron chi connectivity index (χ0n) is 13.0. The molecule has 0 fully saturated rings. The van der Waals surface area contributed by atoms with E-state index in [0.29, 0.717) is 5.92 Å². The van der Waals surface area contributed by atoms with E-state index in [1.165, 1.54) is 27.9 Å². The second kappa shape index (κ2) is 5.90. The van der Waals surface area contributed by atoms with Gasteiger partial charge in [0, 0.05) is 19.3 Å². The summed E-state index contributed by atoms with van der Waals surface area (Å²) >= 11 is 0. The van der Waals surface area contributed by atoms with Gasteiger partial charge < -0.3 is 10.6 Å². The van der Waals surface area contributed by atoms with Gasteiger partial charge in [-0.3, -0.25) is 0 Å². The smallest absolute Gasteiger partial charge is 0.0397 e. The van der Waals surface area contributed by atoms with Crippen molar-refractivity contribution in [1.82, 2.24) is 0 Å². The number of anilines is 1.